The van der Waals surface area contributed by atoms with Gasteiger partial charge >= 0.3 is 0 Å². The van der Waals surface area contributed by atoms with Crippen molar-refractivity contribution in [2.45, 2.75) is 25.8 Å². The van der Waals surface area contributed by atoms with Crippen LogP contribution >= 0.6 is 12.2 Å². The van der Waals surface area contributed by atoms with Crippen molar-refractivity contribution in [3.63, 3.8) is 0 Å². The predicted molar refractivity (Wildman–Crippen MR) is 74.6 cm³/mol. The summed E-state index contributed by atoms with van der Waals surface area (Å²) < 4.78 is 1.40. The van der Waals surface area contributed by atoms with E-state index in [-0.39, 0.29) is 22.5 Å². The van der Waals surface area contributed by atoms with Gasteiger partial charge in [0.2, 0.25) is 0 Å². The number of carbonyl (C=O) groups excluding carboxylic acids is 1. The van der Waals surface area contributed by atoms with Gasteiger partial charge < -0.3 is 15.6 Å². The van der Waals surface area contributed by atoms with E-state index in [1.165, 1.54) is 10.6 Å². The molecule has 0 spiro atoms. The first-order valence-corrected chi connectivity index (χ1v) is 6.13. The molecule has 3 N–H and O–H groups in total. The molecule has 1 aromatic heterocycles. The summed E-state index contributed by atoms with van der Waals surface area (Å²) in [5.74, 6) is -0.334. The first kappa shape index (κ1) is 14.4. The van der Waals surface area contributed by atoms with Gasteiger partial charge in [0, 0.05) is 24.9 Å². The quantitative estimate of drug-likeness (QED) is 0.765. The zero-order chi connectivity index (χ0) is 13.7. The van der Waals surface area contributed by atoms with E-state index in [1.807, 2.05) is 6.92 Å². The molecule has 5 nitrogen and oxygen atoms in total. The lowest BCUT2D eigenvalue weighted by Gasteiger charge is -2.16. The molecule has 0 radical (unpaired) electrons. The highest BCUT2D eigenvalue weighted by atomic mass is 32.1. The van der Waals surface area contributed by atoms with Gasteiger partial charge in [0.25, 0.3) is 11.5 Å². The van der Waals surface area contributed by atoms with E-state index in [2.05, 4.69) is 5.32 Å². The van der Waals surface area contributed by atoms with Crippen LogP contribution in [0.3, 0.4) is 0 Å². The number of nitrogens with one attached hydrogen (secondary N) is 1. The average Bonchev–Trinajstić information content (AvgIpc) is 2.31. The Bertz CT molecular complexity index is 510. The summed E-state index contributed by atoms with van der Waals surface area (Å²) in [7, 11) is 1.62. The highest BCUT2D eigenvalue weighted by molar-refractivity contribution is 7.80. The van der Waals surface area contributed by atoms with Crippen LogP contribution in [0.5, 0.6) is 0 Å². The van der Waals surface area contributed by atoms with Crippen molar-refractivity contribution in [1.82, 2.24) is 9.88 Å². The van der Waals surface area contributed by atoms with E-state index in [4.69, 9.17) is 18.0 Å². The molecule has 1 rings (SSSR count). The number of amides is 1. The summed E-state index contributed by atoms with van der Waals surface area (Å²) in [6.45, 7) is 1.98. The summed E-state index contributed by atoms with van der Waals surface area (Å²) in [5.41, 5.74) is 5.64. The van der Waals surface area contributed by atoms with Crippen molar-refractivity contribution in [1.29, 1.82) is 0 Å². The largest absolute Gasteiger partial charge is 0.392 e. The molecule has 1 heterocycles. The maximum atomic E-state index is 11.9. The Morgan fingerprint density at radius 2 is 2.28 bits per heavy atom. The van der Waals surface area contributed by atoms with E-state index in [1.54, 1.807) is 19.3 Å². The number of hydrogen-bond acceptors (Lipinski definition) is 3. The number of thiocarbonyl (C=S) groups is 1. The molecule has 98 valence electrons. The molecule has 0 aliphatic carbocycles. The summed E-state index contributed by atoms with van der Waals surface area (Å²) in [6.07, 6.45) is 3.09. The maximum Gasteiger partial charge on any atom is 0.252 e. The summed E-state index contributed by atoms with van der Waals surface area (Å²) in [4.78, 5) is 23.6. The molecule has 1 aromatic rings. The van der Waals surface area contributed by atoms with Crippen LogP contribution in [0.2, 0.25) is 0 Å². The van der Waals surface area contributed by atoms with Gasteiger partial charge in [-0.15, -0.1) is 0 Å². The monoisotopic (exact) mass is 267 g/mol. The van der Waals surface area contributed by atoms with Crippen LogP contribution in [-0.4, -0.2) is 21.5 Å². The molecule has 1 unspecified atom stereocenters. The Morgan fingerprint density at radius 1 is 1.61 bits per heavy atom. The van der Waals surface area contributed by atoms with Crippen LogP contribution < -0.4 is 16.6 Å². The summed E-state index contributed by atoms with van der Waals surface area (Å²) in [6, 6.07) is 2.54. The lowest BCUT2D eigenvalue weighted by atomic mass is 10.1. The molecule has 0 aliphatic rings. The van der Waals surface area contributed by atoms with Gasteiger partial charge in [-0.3, -0.25) is 9.59 Å². The van der Waals surface area contributed by atoms with Crippen LogP contribution in [0.1, 0.15) is 30.1 Å². The van der Waals surface area contributed by atoms with E-state index in [9.17, 15) is 9.59 Å². The van der Waals surface area contributed by atoms with Gasteiger partial charge in [-0.1, -0.05) is 25.6 Å². The van der Waals surface area contributed by atoms with E-state index >= 15 is 0 Å². The smallest absolute Gasteiger partial charge is 0.252 e. The fraction of sp³-hybridized carbons (Fsp3) is 0.417. The van der Waals surface area contributed by atoms with Crippen molar-refractivity contribution in [2.75, 3.05) is 0 Å². The Labute approximate surface area is 111 Å². The van der Waals surface area contributed by atoms with Crippen LogP contribution in [0.4, 0.5) is 0 Å². The summed E-state index contributed by atoms with van der Waals surface area (Å²) >= 11 is 4.89. The number of hydrogen-bond donors (Lipinski definition) is 2. The van der Waals surface area contributed by atoms with Gasteiger partial charge in [-0.05, 0) is 12.5 Å². The zero-order valence-electron chi connectivity index (χ0n) is 10.5. The number of aryl methyl sites for hydroxylation is 1. The van der Waals surface area contributed by atoms with Crippen molar-refractivity contribution < 1.29 is 4.79 Å². The topological polar surface area (TPSA) is 77.1 Å². The molecule has 18 heavy (non-hydrogen) atoms. The maximum absolute atomic E-state index is 11.9. The van der Waals surface area contributed by atoms with Crippen LogP contribution in [0.25, 0.3) is 0 Å². The fourth-order valence-corrected chi connectivity index (χ4v) is 1.68. The molecule has 0 aromatic carbocycles. The lowest BCUT2D eigenvalue weighted by Crippen LogP contribution is -2.43. The molecule has 6 heteroatoms. The number of nitrogens with two attached hydrogens (primary N) is 1. The molecule has 0 saturated heterocycles. The number of rotatable bonds is 5. The van der Waals surface area contributed by atoms with Gasteiger partial charge in [-0.25, -0.2) is 0 Å². The standard InChI is InChI=1S/C12H17N3O2S/c1-3-4-9(11(13)18)14-12(17)8-5-6-15(2)10(16)7-8/h5-7,9H,3-4H2,1-2H3,(H2,13,18)(H,14,17). The van der Waals surface area contributed by atoms with Gasteiger partial charge in [0.15, 0.2) is 0 Å². The SMILES string of the molecule is CCCC(NC(=O)c1ccn(C)c(=O)c1)C(N)=S. The van der Waals surface area contributed by atoms with Crippen LogP contribution in [-0.2, 0) is 7.05 Å². The minimum atomic E-state index is -0.334. The normalized spacial score (nSPS) is 11.9. The minimum absolute atomic E-state index is 0.231. The molecule has 1 amide bonds. The minimum Gasteiger partial charge on any atom is -0.392 e. The van der Waals surface area contributed by atoms with Gasteiger partial charge in [0.05, 0.1) is 11.0 Å². The third-order valence-electron chi connectivity index (χ3n) is 2.59. The third-order valence-corrected chi connectivity index (χ3v) is 2.88. The Hall–Kier alpha value is -1.69. The second-order valence-corrected chi connectivity index (χ2v) is 4.55. The average molecular weight is 267 g/mol. The zero-order valence-corrected chi connectivity index (χ0v) is 11.3. The van der Waals surface area contributed by atoms with E-state index in [0.29, 0.717) is 12.0 Å². The Morgan fingerprint density at radius 3 is 2.78 bits per heavy atom. The molecule has 1 atom stereocenters. The van der Waals surface area contributed by atoms with Gasteiger partial charge in [0.1, 0.15) is 0 Å². The second-order valence-electron chi connectivity index (χ2n) is 4.08. The number of aromatic nitrogens is 1. The van der Waals surface area contributed by atoms with Gasteiger partial charge in [-0.2, -0.15) is 0 Å². The molecule has 0 aliphatic heterocycles. The third kappa shape index (κ3) is 3.66. The fourth-order valence-electron chi connectivity index (χ4n) is 1.51. The Balaban J connectivity index is 2.83. The van der Waals surface area contributed by atoms with Crippen LogP contribution in [0, 0.1) is 0 Å². The first-order valence-electron chi connectivity index (χ1n) is 5.72. The van der Waals surface area contributed by atoms with E-state index < -0.39 is 0 Å². The number of nitrogens with zero attached hydrogens (tertiary/aromatic N) is 1. The Kier molecular flexibility index (Phi) is 5.03. The molecule has 0 saturated carbocycles. The first-order chi connectivity index (χ1) is 8.45. The van der Waals surface area contributed by atoms with E-state index in [0.717, 1.165) is 6.42 Å². The molecule has 0 bridgehead atoms. The lowest BCUT2D eigenvalue weighted by molar-refractivity contribution is 0.0945. The van der Waals surface area contributed by atoms with Crippen molar-refractivity contribution in [3.05, 3.63) is 34.2 Å². The summed E-state index contributed by atoms with van der Waals surface area (Å²) in [5, 5.41) is 2.73. The molecular weight excluding hydrogens is 250 g/mol. The number of pyridine rings is 1. The number of carbonyl (C=O) groups is 1. The van der Waals surface area contributed by atoms with Crippen LogP contribution in [0.15, 0.2) is 23.1 Å². The van der Waals surface area contributed by atoms with Crippen molar-refractivity contribution in [2.24, 2.45) is 12.8 Å². The highest BCUT2D eigenvalue weighted by Crippen LogP contribution is 2.01. The highest BCUT2D eigenvalue weighted by Gasteiger charge is 2.15. The van der Waals surface area contributed by atoms with Crippen molar-refractivity contribution >= 4 is 23.1 Å². The predicted octanol–water partition coefficient (Wildman–Crippen LogP) is 0.570. The molecular formula is C12H17N3O2S. The van der Waals surface area contributed by atoms with Crippen molar-refractivity contribution in [3.8, 4) is 0 Å². The second kappa shape index (κ2) is 6.30. The molecule has 0 fully saturated rings.